The second-order valence-electron chi connectivity index (χ2n) is 5.86. The SMILES string of the molecule is Cc1c(Cl)cccc1N=Cc1cccn1-c1ccc(N(C)C)cc1. The van der Waals surface area contributed by atoms with Crippen LogP contribution in [0.1, 0.15) is 11.3 Å². The molecule has 0 unspecified atom stereocenters. The molecule has 3 nitrogen and oxygen atoms in total. The molecule has 0 saturated carbocycles. The lowest BCUT2D eigenvalue weighted by Gasteiger charge is -2.13. The summed E-state index contributed by atoms with van der Waals surface area (Å²) in [6.45, 7) is 1.98. The molecule has 0 radical (unpaired) electrons. The average Bonchev–Trinajstić information content (AvgIpc) is 3.05. The molecule has 0 N–H and O–H groups in total. The average molecular weight is 338 g/mol. The molecule has 3 rings (SSSR count). The van der Waals surface area contributed by atoms with Gasteiger partial charge < -0.3 is 9.47 Å². The molecule has 2 aromatic carbocycles. The fourth-order valence-electron chi connectivity index (χ4n) is 2.52. The number of benzene rings is 2. The van der Waals surface area contributed by atoms with Crippen molar-refractivity contribution >= 4 is 29.2 Å². The molecule has 0 atom stereocenters. The van der Waals surface area contributed by atoms with Crippen LogP contribution in [0.2, 0.25) is 5.02 Å². The van der Waals surface area contributed by atoms with Crippen molar-refractivity contribution in [3.63, 3.8) is 0 Å². The van der Waals surface area contributed by atoms with Crippen molar-refractivity contribution in [2.45, 2.75) is 6.92 Å². The normalized spacial score (nSPS) is 11.2. The van der Waals surface area contributed by atoms with Gasteiger partial charge in [0, 0.05) is 36.7 Å². The fourth-order valence-corrected chi connectivity index (χ4v) is 2.69. The number of nitrogens with zero attached hydrogens (tertiary/aromatic N) is 3. The van der Waals surface area contributed by atoms with Crippen LogP contribution in [-0.2, 0) is 0 Å². The van der Waals surface area contributed by atoms with Gasteiger partial charge in [0.2, 0.25) is 0 Å². The molecule has 0 fully saturated rings. The Morgan fingerprint density at radius 3 is 2.46 bits per heavy atom. The minimum atomic E-state index is 0.735. The summed E-state index contributed by atoms with van der Waals surface area (Å²) in [7, 11) is 4.08. The predicted octanol–water partition coefficient (Wildman–Crippen LogP) is 5.26. The maximum Gasteiger partial charge on any atom is 0.0674 e. The number of halogens is 1. The molecule has 1 aromatic heterocycles. The second kappa shape index (κ2) is 6.93. The highest BCUT2D eigenvalue weighted by Gasteiger charge is 2.04. The summed E-state index contributed by atoms with van der Waals surface area (Å²) >= 11 is 6.16. The summed E-state index contributed by atoms with van der Waals surface area (Å²) in [6.07, 6.45) is 3.91. The summed E-state index contributed by atoms with van der Waals surface area (Å²) in [5.74, 6) is 0. The smallest absolute Gasteiger partial charge is 0.0674 e. The van der Waals surface area contributed by atoms with Crippen molar-refractivity contribution in [1.29, 1.82) is 0 Å². The van der Waals surface area contributed by atoms with Gasteiger partial charge in [0.15, 0.2) is 0 Å². The van der Waals surface area contributed by atoms with Gasteiger partial charge in [-0.15, -0.1) is 0 Å². The third-order valence-corrected chi connectivity index (χ3v) is 4.41. The van der Waals surface area contributed by atoms with Crippen molar-refractivity contribution in [3.8, 4) is 5.69 Å². The zero-order chi connectivity index (χ0) is 17.1. The molecule has 1 heterocycles. The lowest BCUT2D eigenvalue weighted by molar-refractivity contribution is 1.06. The van der Waals surface area contributed by atoms with Gasteiger partial charge in [0.25, 0.3) is 0 Å². The summed E-state index contributed by atoms with van der Waals surface area (Å²) in [5, 5.41) is 0.735. The van der Waals surface area contributed by atoms with Crippen molar-refractivity contribution in [2.24, 2.45) is 4.99 Å². The van der Waals surface area contributed by atoms with E-state index < -0.39 is 0 Å². The van der Waals surface area contributed by atoms with Gasteiger partial charge in [-0.2, -0.15) is 0 Å². The Morgan fingerprint density at radius 2 is 1.75 bits per heavy atom. The number of aliphatic imine (C=N–C) groups is 1. The van der Waals surface area contributed by atoms with E-state index in [-0.39, 0.29) is 0 Å². The first-order valence-electron chi connectivity index (χ1n) is 7.80. The first-order valence-corrected chi connectivity index (χ1v) is 8.18. The molecule has 0 aliphatic rings. The van der Waals surface area contributed by atoms with Crippen LogP contribution in [0.5, 0.6) is 0 Å². The van der Waals surface area contributed by atoms with Crippen LogP contribution in [0.4, 0.5) is 11.4 Å². The number of anilines is 1. The number of aromatic nitrogens is 1. The third kappa shape index (κ3) is 3.36. The summed E-state index contributed by atoms with van der Waals surface area (Å²) in [4.78, 5) is 6.69. The van der Waals surface area contributed by atoms with Gasteiger partial charge in [-0.3, -0.25) is 4.99 Å². The Morgan fingerprint density at radius 1 is 1.00 bits per heavy atom. The van der Waals surface area contributed by atoms with Gasteiger partial charge in [0.1, 0.15) is 0 Å². The van der Waals surface area contributed by atoms with E-state index in [0.717, 1.165) is 27.7 Å². The Labute approximate surface area is 147 Å². The number of hydrogen-bond acceptors (Lipinski definition) is 2. The monoisotopic (exact) mass is 337 g/mol. The van der Waals surface area contributed by atoms with Crippen molar-refractivity contribution in [2.75, 3.05) is 19.0 Å². The zero-order valence-electron chi connectivity index (χ0n) is 14.1. The lowest BCUT2D eigenvalue weighted by atomic mass is 10.2. The van der Waals surface area contributed by atoms with Crippen LogP contribution in [0, 0.1) is 6.92 Å². The highest BCUT2D eigenvalue weighted by Crippen LogP contribution is 2.25. The molecule has 0 bridgehead atoms. The standard InChI is InChI=1S/C20H20ClN3/c1-15-19(21)7-4-8-20(15)22-14-18-6-5-13-24(18)17-11-9-16(10-12-17)23(2)3/h4-14H,1-3H3. The molecule has 3 aromatic rings. The van der Waals surface area contributed by atoms with Crippen LogP contribution in [0.3, 0.4) is 0 Å². The number of hydrogen-bond donors (Lipinski definition) is 0. The van der Waals surface area contributed by atoms with E-state index in [1.807, 2.05) is 63.8 Å². The Bertz CT molecular complexity index is 861. The van der Waals surface area contributed by atoms with E-state index >= 15 is 0 Å². The van der Waals surface area contributed by atoms with Gasteiger partial charge in [-0.05, 0) is 61.0 Å². The van der Waals surface area contributed by atoms with E-state index in [4.69, 9.17) is 11.6 Å². The third-order valence-electron chi connectivity index (χ3n) is 4.00. The van der Waals surface area contributed by atoms with E-state index in [2.05, 4.69) is 38.7 Å². The Hall–Kier alpha value is -2.52. The fraction of sp³-hybridized carbons (Fsp3) is 0.150. The quantitative estimate of drug-likeness (QED) is 0.595. The first kappa shape index (κ1) is 16.3. The first-order chi connectivity index (χ1) is 11.6. The highest BCUT2D eigenvalue weighted by molar-refractivity contribution is 6.31. The summed E-state index contributed by atoms with van der Waals surface area (Å²) < 4.78 is 2.11. The zero-order valence-corrected chi connectivity index (χ0v) is 14.8. The predicted molar refractivity (Wildman–Crippen MR) is 104 cm³/mol. The molecule has 0 saturated heterocycles. The minimum absolute atomic E-state index is 0.735. The molecule has 4 heteroatoms. The van der Waals surface area contributed by atoms with E-state index in [9.17, 15) is 0 Å². The minimum Gasteiger partial charge on any atom is -0.378 e. The molecule has 122 valence electrons. The molecule has 0 aliphatic carbocycles. The molecule has 24 heavy (non-hydrogen) atoms. The molecule has 0 aliphatic heterocycles. The van der Waals surface area contributed by atoms with Crippen molar-refractivity contribution in [1.82, 2.24) is 4.57 Å². The Balaban J connectivity index is 1.90. The molecular weight excluding hydrogens is 318 g/mol. The van der Waals surface area contributed by atoms with E-state index in [1.165, 1.54) is 5.69 Å². The van der Waals surface area contributed by atoms with Crippen LogP contribution < -0.4 is 4.90 Å². The topological polar surface area (TPSA) is 20.5 Å². The van der Waals surface area contributed by atoms with Gasteiger partial charge in [0.05, 0.1) is 17.6 Å². The molecule has 0 amide bonds. The Kier molecular flexibility index (Phi) is 4.72. The van der Waals surface area contributed by atoms with Crippen LogP contribution in [0.15, 0.2) is 65.8 Å². The van der Waals surface area contributed by atoms with Crippen molar-refractivity contribution in [3.05, 3.63) is 77.1 Å². The maximum atomic E-state index is 6.16. The summed E-state index contributed by atoms with van der Waals surface area (Å²) in [5.41, 5.74) is 5.18. The lowest BCUT2D eigenvalue weighted by Crippen LogP contribution is -2.08. The van der Waals surface area contributed by atoms with E-state index in [1.54, 1.807) is 0 Å². The summed E-state index contributed by atoms with van der Waals surface area (Å²) in [6, 6.07) is 18.3. The van der Waals surface area contributed by atoms with E-state index in [0.29, 0.717) is 0 Å². The maximum absolute atomic E-state index is 6.16. The largest absolute Gasteiger partial charge is 0.378 e. The van der Waals surface area contributed by atoms with Crippen molar-refractivity contribution < 1.29 is 0 Å². The van der Waals surface area contributed by atoms with Crippen LogP contribution in [-0.4, -0.2) is 24.9 Å². The van der Waals surface area contributed by atoms with Gasteiger partial charge in [-0.1, -0.05) is 17.7 Å². The molecular formula is C20H20ClN3. The highest BCUT2D eigenvalue weighted by atomic mass is 35.5. The van der Waals surface area contributed by atoms with Crippen LogP contribution in [0.25, 0.3) is 5.69 Å². The second-order valence-corrected chi connectivity index (χ2v) is 6.26. The number of rotatable bonds is 4. The van der Waals surface area contributed by atoms with Crippen LogP contribution >= 0.6 is 11.6 Å². The van der Waals surface area contributed by atoms with Gasteiger partial charge in [-0.25, -0.2) is 0 Å². The van der Waals surface area contributed by atoms with Gasteiger partial charge >= 0.3 is 0 Å². The molecule has 0 spiro atoms.